The first-order valence-electron chi connectivity index (χ1n) is 7.61. The quantitative estimate of drug-likeness (QED) is 0.587. The highest BCUT2D eigenvalue weighted by Gasteiger charge is 2.14. The number of amides is 1. The first kappa shape index (κ1) is 15.2. The van der Waals surface area contributed by atoms with Gasteiger partial charge in [0, 0.05) is 22.7 Å². The van der Waals surface area contributed by atoms with E-state index in [0.717, 1.165) is 22.7 Å². The lowest BCUT2D eigenvalue weighted by molar-refractivity contribution is 0.102. The summed E-state index contributed by atoms with van der Waals surface area (Å²) in [5.74, 6) is 0.293. The summed E-state index contributed by atoms with van der Waals surface area (Å²) in [6.45, 7) is 0. The van der Waals surface area contributed by atoms with Gasteiger partial charge in [-0.2, -0.15) is 14.5 Å². The van der Waals surface area contributed by atoms with Crippen LogP contribution in [0.15, 0.2) is 66.7 Å². The number of anilines is 1. The number of nitrogens with one attached hydrogen (secondary N) is 2. The summed E-state index contributed by atoms with van der Waals surface area (Å²) in [5.41, 5.74) is 2.94. The fraction of sp³-hybridized carbons (Fsp3) is 0. The second-order valence-electron chi connectivity index (χ2n) is 5.28. The fourth-order valence-corrected chi connectivity index (χ4v) is 2.92. The Labute approximate surface area is 147 Å². The van der Waals surface area contributed by atoms with Gasteiger partial charge in [-0.15, -0.1) is 0 Å². The molecule has 0 saturated heterocycles. The molecule has 2 aromatic heterocycles. The van der Waals surface area contributed by atoms with Gasteiger partial charge >= 0.3 is 0 Å². The Morgan fingerprint density at radius 3 is 2.36 bits per heavy atom. The van der Waals surface area contributed by atoms with Gasteiger partial charge in [0.1, 0.15) is 5.69 Å². The molecule has 0 bridgehead atoms. The van der Waals surface area contributed by atoms with Crippen molar-refractivity contribution in [3.8, 4) is 22.6 Å². The monoisotopic (exact) mass is 347 g/mol. The van der Waals surface area contributed by atoms with Gasteiger partial charge in [-0.05, 0) is 6.07 Å². The summed E-state index contributed by atoms with van der Waals surface area (Å²) in [4.78, 5) is 16.7. The Morgan fingerprint density at radius 1 is 0.960 bits per heavy atom. The van der Waals surface area contributed by atoms with Crippen LogP contribution in [-0.4, -0.2) is 25.5 Å². The number of rotatable bonds is 4. The van der Waals surface area contributed by atoms with Crippen molar-refractivity contribution in [1.82, 2.24) is 19.6 Å². The average molecular weight is 347 g/mol. The smallest absolute Gasteiger partial charge is 0.275 e. The topological polar surface area (TPSA) is 83.6 Å². The van der Waals surface area contributed by atoms with Crippen molar-refractivity contribution < 1.29 is 4.79 Å². The third-order valence-electron chi connectivity index (χ3n) is 3.57. The first-order valence-corrected chi connectivity index (χ1v) is 8.38. The van der Waals surface area contributed by atoms with Gasteiger partial charge in [0.15, 0.2) is 5.82 Å². The van der Waals surface area contributed by atoms with Gasteiger partial charge in [-0.25, -0.2) is 0 Å². The van der Waals surface area contributed by atoms with Gasteiger partial charge in [0.2, 0.25) is 5.13 Å². The molecule has 0 radical (unpaired) electrons. The molecule has 4 aromatic rings. The average Bonchev–Trinajstić information content (AvgIpc) is 3.33. The van der Waals surface area contributed by atoms with E-state index in [9.17, 15) is 4.79 Å². The summed E-state index contributed by atoms with van der Waals surface area (Å²) < 4.78 is 4.28. The summed E-state index contributed by atoms with van der Waals surface area (Å²) in [7, 11) is 0. The SMILES string of the molecule is O=C(Nc1nc(-c2ccccc2)ns1)c1cc(-c2ccccc2)n[nH]1. The summed E-state index contributed by atoms with van der Waals surface area (Å²) in [6, 6.07) is 21.0. The van der Waals surface area contributed by atoms with Gasteiger partial charge in [-0.1, -0.05) is 60.7 Å². The molecule has 0 spiro atoms. The Kier molecular flexibility index (Phi) is 4.05. The molecular weight excluding hydrogens is 334 g/mol. The highest BCUT2D eigenvalue weighted by Crippen LogP contribution is 2.22. The molecule has 2 aromatic carbocycles. The molecular formula is C18H13N5OS. The van der Waals surface area contributed by atoms with Crippen LogP contribution >= 0.6 is 11.5 Å². The van der Waals surface area contributed by atoms with Gasteiger partial charge in [-0.3, -0.25) is 15.2 Å². The number of benzene rings is 2. The number of hydrogen-bond acceptors (Lipinski definition) is 5. The normalized spacial score (nSPS) is 10.6. The van der Waals surface area contributed by atoms with Crippen LogP contribution in [0.4, 0.5) is 5.13 Å². The Morgan fingerprint density at radius 2 is 1.64 bits per heavy atom. The molecule has 122 valence electrons. The number of nitrogens with zero attached hydrogens (tertiary/aromatic N) is 3. The van der Waals surface area contributed by atoms with Crippen LogP contribution < -0.4 is 5.32 Å². The minimum Gasteiger partial charge on any atom is -0.295 e. The Bertz CT molecular complexity index is 995. The number of aromatic amines is 1. The number of carbonyl (C=O) groups is 1. The van der Waals surface area contributed by atoms with Gasteiger partial charge in [0.05, 0.1) is 5.69 Å². The van der Waals surface area contributed by atoms with Crippen LogP contribution in [0, 0.1) is 0 Å². The molecule has 7 heteroatoms. The van der Waals surface area contributed by atoms with Crippen molar-refractivity contribution in [1.29, 1.82) is 0 Å². The van der Waals surface area contributed by atoms with Crippen molar-refractivity contribution in [2.75, 3.05) is 5.32 Å². The number of hydrogen-bond donors (Lipinski definition) is 2. The lowest BCUT2D eigenvalue weighted by Gasteiger charge is -1.97. The molecule has 1 amide bonds. The van der Waals surface area contributed by atoms with E-state index < -0.39 is 0 Å². The highest BCUT2D eigenvalue weighted by atomic mass is 32.1. The van der Waals surface area contributed by atoms with Crippen LogP contribution in [0.1, 0.15) is 10.5 Å². The minimum atomic E-state index is -0.301. The number of H-pyrrole nitrogens is 1. The van der Waals surface area contributed by atoms with E-state index in [1.165, 1.54) is 0 Å². The maximum atomic E-state index is 12.4. The largest absolute Gasteiger partial charge is 0.295 e. The Balaban J connectivity index is 1.50. The third-order valence-corrected chi connectivity index (χ3v) is 4.20. The fourth-order valence-electron chi connectivity index (χ4n) is 2.34. The van der Waals surface area contributed by atoms with Crippen molar-refractivity contribution in [3.05, 3.63) is 72.4 Å². The van der Waals surface area contributed by atoms with E-state index in [1.54, 1.807) is 6.07 Å². The molecule has 0 aliphatic heterocycles. The lowest BCUT2D eigenvalue weighted by Crippen LogP contribution is -2.12. The zero-order chi connectivity index (χ0) is 17.1. The van der Waals surface area contributed by atoms with Crippen LogP contribution in [0.2, 0.25) is 0 Å². The first-order chi connectivity index (χ1) is 12.3. The molecule has 0 unspecified atom stereocenters. The molecule has 6 nitrogen and oxygen atoms in total. The van der Waals surface area contributed by atoms with E-state index in [2.05, 4.69) is 24.9 Å². The molecule has 25 heavy (non-hydrogen) atoms. The maximum Gasteiger partial charge on any atom is 0.275 e. The summed E-state index contributed by atoms with van der Waals surface area (Å²) in [6.07, 6.45) is 0. The number of aromatic nitrogens is 4. The highest BCUT2D eigenvalue weighted by molar-refractivity contribution is 7.10. The predicted octanol–water partition coefficient (Wildman–Crippen LogP) is 3.85. The molecule has 4 rings (SSSR count). The van der Waals surface area contributed by atoms with Crippen molar-refractivity contribution in [3.63, 3.8) is 0 Å². The van der Waals surface area contributed by atoms with Crippen LogP contribution in [0.3, 0.4) is 0 Å². The molecule has 0 atom stereocenters. The van der Waals surface area contributed by atoms with Crippen molar-refractivity contribution in [2.45, 2.75) is 0 Å². The molecule has 0 saturated carbocycles. The van der Waals surface area contributed by atoms with Crippen LogP contribution in [0.25, 0.3) is 22.6 Å². The third kappa shape index (κ3) is 3.31. The summed E-state index contributed by atoms with van der Waals surface area (Å²) in [5, 5.41) is 10.1. The van der Waals surface area contributed by atoms with E-state index >= 15 is 0 Å². The Hall–Kier alpha value is -3.32. The summed E-state index contributed by atoms with van der Waals surface area (Å²) >= 11 is 1.14. The number of carbonyl (C=O) groups excluding carboxylic acids is 1. The second kappa shape index (κ2) is 6.66. The molecule has 0 fully saturated rings. The zero-order valence-electron chi connectivity index (χ0n) is 13.0. The van der Waals surface area contributed by atoms with E-state index in [-0.39, 0.29) is 5.91 Å². The lowest BCUT2D eigenvalue weighted by atomic mass is 10.1. The van der Waals surface area contributed by atoms with E-state index in [4.69, 9.17) is 0 Å². The predicted molar refractivity (Wildman–Crippen MR) is 97.3 cm³/mol. The van der Waals surface area contributed by atoms with Gasteiger partial charge < -0.3 is 0 Å². The second-order valence-corrected chi connectivity index (χ2v) is 6.03. The van der Waals surface area contributed by atoms with E-state index in [0.29, 0.717) is 22.3 Å². The van der Waals surface area contributed by atoms with Gasteiger partial charge in [0.25, 0.3) is 5.91 Å². The minimum absolute atomic E-state index is 0.301. The van der Waals surface area contributed by atoms with Crippen molar-refractivity contribution >= 4 is 22.6 Å². The van der Waals surface area contributed by atoms with E-state index in [1.807, 2.05) is 60.7 Å². The van der Waals surface area contributed by atoms with Crippen LogP contribution in [-0.2, 0) is 0 Å². The van der Waals surface area contributed by atoms with Crippen molar-refractivity contribution in [2.24, 2.45) is 0 Å². The maximum absolute atomic E-state index is 12.4. The molecule has 2 N–H and O–H groups in total. The molecule has 0 aliphatic rings. The molecule has 2 heterocycles. The zero-order valence-corrected chi connectivity index (χ0v) is 13.8. The van der Waals surface area contributed by atoms with Crippen LogP contribution in [0.5, 0.6) is 0 Å². The molecule has 0 aliphatic carbocycles. The standard InChI is InChI=1S/C18H13N5OS/c24-17(15-11-14(21-22-15)12-7-3-1-4-8-12)20-18-19-16(23-25-18)13-9-5-2-6-10-13/h1-11H,(H,21,22)(H,19,20,23,24).